The van der Waals surface area contributed by atoms with Gasteiger partial charge in [-0.3, -0.25) is 4.90 Å². The van der Waals surface area contributed by atoms with Crippen LogP contribution in [-0.2, 0) is 17.7 Å². The van der Waals surface area contributed by atoms with Gasteiger partial charge in [-0.05, 0) is 60.2 Å². The topological polar surface area (TPSA) is 67.2 Å². The van der Waals surface area contributed by atoms with Crippen molar-refractivity contribution in [1.82, 2.24) is 14.9 Å². The minimum Gasteiger partial charge on any atom is -0.379 e. The predicted molar refractivity (Wildman–Crippen MR) is 132 cm³/mol. The van der Waals surface area contributed by atoms with E-state index < -0.39 is 0 Å². The highest BCUT2D eigenvalue weighted by Crippen LogP contribution is 2.30. The van der Waals surface area contributed by atoms with Crippen LogP contribution in [0.2, 0.25) is 0 Å². The second-order valence-corrected chi connectivity index (χ2v) is 8.88. The molecule has 5 heteroatoms. The number of benzene rings is 2. The molecule has 0 bridgehead atoms. The van der Waals surface area contributed by atoms with Gasteiger partial charge in [0.2, 0.25) is 0 Å². The molecule has 166 valence electrons. The van der Waals surface area contributed by atoms with E-state index in [1.54, 1.807) is 0 Å². The highest BCUT2D eigenvalue weighted by molar-refractivity contribution is 6.07. The Morgan fingerprint density at radius 3 is 2.56 bits per heavy atom. The summed E-state index contributed by atoms with van der Waals surface area (Å²) < 4.78 is 5.45. The summed E-state index contributed by atoms with van der Waals surface area (Å²) >= 11 is 0. The first kappa shape index (κ1) is 21.1. The van der Waals surface area contributed by atoms with Crippen LogP contribution in [0.1, 0.15) is 31.0 Å². The monoisotopic (exact) mass is 428 g/mol. The summed E-state index contributed by atoms with van der Waals surface area (Å²) in [6.45, 7) is 6.83. The van der Waals surface area contributed by atoms with Crippen LogP contribution in [0.5, 0.6) is 0 Å². The van der Waals surface area contributed by atoms with E-state index >= 15 is 0 Å². The molecule has 2 aromatic carbocycles. The molecular weight excluding hydrogens is 396 g/mol. The molecule has 0 amide bonds. The number of aryl methyl sites for hydroxylation is 1. The van der Waals surface area contributed by atoms with Crippen molar-refractivity contribution in [1.29, 1.82) is 0 Å². The Morgan fingerprint density at radius 2 is 1.78 bits per heavy atom. The van der Waals surface area contributed by atoms with Crippen molar-refractivity contribution in [3.8, 4) is 11.1 Å². The van der Waals surface area contributed by atoms with E-state index in [0.29, 0.717) is 0 Å². The molecular formula is C27H32N4O. The number of rotatable bonds is 7. The molecule has 1 atom stereocenters. The second-order valence-electron chi connectivity index (χ2n) is 8.88. The molecule has 1 saturated heterocycles. The Bertz CT molecular complexity index is 1190. The van der Waals surface area contributed by atoms with E-state index in [2.05, 4.69) is 71.4 Å². The van der Waals surface area contributed by atoms with Crippen LogP contribution in [-0.4, -0.2) is 47.2 Å². The third-order valence-corrected chi connectivity index (χ3v) is 6.61. The molecule has 0 aliphatic carbocycles. The molecule has 5 rings (SSSR count). The largest absolute Gasteiger partial charge is 0.379 e. The van der Waals surface area contributed by atoms with Crippen LogP contribution >= 0.6 is 0 Å². The van der Waals surface area contributed by atoms with E-state index in [4.69, 9.17) is 15.5 Å². The van der Waals surface area contributed by atoms with Crippen LogP contribution < -0.4 is 5.73 Å². The fourth-order valence-corrected chi connectivity index (χ4v) is 4.49. The van der Waals surface area contributed by atoms with E-state index in [-0.39, 0.29) is 6.04 Å². The lowest BCUT2D eigenvalue weighted by molar-refractivity contribution is 0.0342. The van der Waals surface area contributed by atoms with E-state index in [1.807, 2.05) is 0 Å². The molecule has 0 saturated carbocycles. The summed E-state index contributed by atoms with van der Waals surface area (Å²) in [5, 5.41) is 2.40. The summed E-state index contributed by atoms with van der Waals surface area (Å²) in [5.41, 5.74) is 13.1. The number of ether oxygens (including phenoxy) is 1. The van der Waals surface area contributed by atoms with Crippen molar-refractivity contribution in [3.05, 3.63) is 65.9 Å². The number of morpholine rings is 1. The van der Waals surface area contributed by atoms with E-state index in [9.17, 15) is 0 Å². The van der Waals surface area contributed by atoms with Gasteiger partial charge in [0.25, 0.3) is 0 Å². The standard InChI is InChI=1S/C27H32N4O/c1-2-22(28)8-9-23-10-11-24-25-17-21(7-12-26(25)30-27(24)29-23)20-5-3-19(4-6-20)18-31-13-15-32-16-14-31/h3-7,10-12,17,22H,2,8-9,13-16,18,28H2,1H3,(H,29,30). The third kappa shape index (κ3) is 4.56. The number of aromatic amines is 1. The zero-order valence-corrected chi connectivity index (χ0v) is 18.8. The van der Waals surface area contributed by atoms with Gasteiger partial charge in [0.05, 0.1) is 13.2 Å². The van der Waals surface area contributed by atoms with Gasteiger partial charge in [0.1, 0.15) is 5.65 Å². The fourth-order valence-electron chi connectivity index (χ4n) is 4.49. The maximum absolute atomic E-state index is 6.08. The lowest BCUT2D eigenvalue weighted by Crippen LogP contribution is -2.35. The highest BCUT2D eigenvalue weighted by Gasteiger charge is 2.12. The zero-order chi connectivity index (χ0) is 21.9. The van der Waals surface area contributed by atoms with Crippen molar-refractivity contribution < 1.29 is 4.74 Å². The number of hydrogen-bond acceptors (Lipinski definition) is 4. The molecule has 32 heavy (non-hydrogen) atoms. The second kappa shape index (κ2) is 9.41. The molecule has 1 aliphatic heterocycles. The lowest BCUT2D eigenvalue weighted by Gasteiger charge is -2.26. The van der Waals surface area contributed by atoms with Crippen molar-refractivity contribution in [2.24, 2.45) is 5.73 Å². The summed E-state index contributed by atoms with van der Waals surface area (Å²) in [6, 6.07) is 20.2. The normalized spacial score (nSPS) is 16.1. The van der Waals surface area contributed by atoms with Crippen molar-refractivity contribution in [3.63, 3.8) is 0 Å². The smallest absolute Gasteiger partial charge is 0.138 e. The first-order chi connectivity index (χ1) is 15.7. The number of aromatic nitrogens is 2. The molecule has 3 heterocycles. The number of hydrogen-bond donors (Lipinski definition) is 2. The van der Waals surface area contributed by atoms with Gasteiger partial charge in [-0.25, -0.2) is 4.98 Å². The average molecular weight is 429 g/mol. The van der Waals surface area contributed by atoms with Crippen LogP contribution in [0.15, 0.2) is 54.6 Å². The molecule has 1 unspecified atom stereocenters. The van der Waals surface area contributed by atoms with Gasteiger partial charge >= 0.3 is 0 Å². The molecule has 5 nitrogen and oxygen atoms in total. The average Bonchev–Trinajstić information content (AvgIpc) is 3.20. The predicted octanol–water partition coefficient (Wildman–Crippen LogP) is 4.89. The van der Waals surface area contributed by atoms with Crippen molar-refractivity contribution >= 4 is 21.9 Å². The number of nitrogens with one attached hydrogen (secondary N) is 1. The summed E-state index contributed by atoms with van der Waals surface area (Å²) in [4.78, 5) is 10.8. The molecule has 2 aromatic heterocycles. The Kier molecular flexibility index (Phi) is 6.21. The maximum atomic E-state index is 6.08. The molecule has 0 radical (unpaired) electrons. The number of H-pyrrole nitrogens is 1. The molecule has 0 spiro atoms. The summed E-state index contributed by atoms with van der Waals surface area (Å²) in [7, 11) is 0. The molecule has 1 fully saturated rings. The number of nitrogens with zero attached hydrogens (tertiary/aromatic N) is 2. The Hall–Kier alpha value is -2.73. The fraction of sp³-hybridized carbons (Fsp3) is 0.370. The van der Waals surface area contributed by atoms with Gasteiger partial charge in [-0.2, -0.15) is 0 Å². The Balaban J connectivity index is 1.37. The minimum absolute atomic E-state index is 0.248. The summed E-state index contributed by atoms with van der Waals surface area (Å²) in [6.07, 6.45) is 2.90. The third-order valence-electron chi connectivity index (χ3n) is 6.61. The van der Waals surface area contributed by atoms with E-state index in [0.717, 1.165) is 69.0 Å². The van der Waals surface area contributed by atoms with Crippen LogP contribution in [0, 0.1) is 0 Å². The highest BCUT2D eigenvalue weighted by atomic mass is 16.5. The van der Waals surface area contributed by atoms with Crippen LogP contribution in [0.3, 0.4) is 0 Å². The molecule has 3 N–H and O–H groups in total. The first-order valence-electron chi connectivity index (χ1n) is 11.8. The first-order valence-corrected chi connectivity index (χ1v) is 11.8. The zero-order valence-electron chi connectivity index (χ0n) is 18.8. The van der Waals surface area contributed by atoms with E-state index in [1.165, 1.54) is 27.5 Å². The van der Waals surface area contributed by atoms with Crippen LogP contribution in [0.25, 0.3) is 33.1 Å². The van der Waals surface area contributed by atoms with Crippen molar-refractivity contribution in [2.75, 3.05) is 26.3 Å². The van der Waals surface area contributed by atoms with Crippen molar-refractivity contribution in [2.45, 2.75) is 38.8 Å². The quantitative estimate of drug-likeness (QED) is 0.440. The number of pyridine rings is 1. The number of fused-ring (bicyclic) bond motifs is 3. The summed E-state index contributed by atoms with van der Waals surface area (Å²) in [5.74, 6) is 0. The maximum Gasteiger partial charge on any atom is 0.138 e. The molecule has 4 aromatic rings. The van der Waals surface area contributed by atoms with Gasteiger partial charge in [-0.15, -0.1) is 0 Å². The SMILES string of the molecule is CCC(N)CCc1ccc2c(n1)[nH]c1ccc(-c3ccc(CN4CCOCC4)cc3)cc12. The molecule has 1 aliphatic rings. The lowest BCUT2D eigenvalue weighted by atomic mass is 10.0. The Labute approximate surface area is 189 Å². The Morgan fingerprint density at radius 1 is 1.00 bits per heavy atom. The van der Waals surface area contributed by atoms with Gasteiger partial charge in [0.15, 0.2) is 0 Å². The minimum atomic E-state index is 0.248. The van der Waals surface area contributed by atoms with Gasteiger partial charge in [0, 0.05) is 47.7 Å². The van der Waals surface area contributed by atoms with Crippen LogP contribution in [0.4, 0.5) is 0 Å². The van der Waals surface area contributed by atoms with Gasteiger partial charge < -0.3 is 15.5 Å². The number of nitrogens with two attached hydrogens (primary N) is 1. The van der Waals surface area contributed by atoms with Gasteiger partial charge in [-0.1, -0.05) is 37.3 Å².